The number of nitrogens with two attached hydrogens (primary N) is 1. The molecule has 2 N–H and O–H groups in total. The van der Waals surface area contributed by atoms with Gasteiger partial charge in [-0.15, -0.1) is 0 Å². The van der Waals surface area contributed by atoms with E-state index in [1.54, 1.807) is 0 Å². The van der Waals surface area contributed by atoms with Crippen LogP contribution in [0.15, 0.2) is 24.4 Å². The fourth-order valence-corrected chi connectivity index (χ4v) is 2.14. The first kappa shape index (κ1) is 13.0. The Balaban J connectivity index is 2.47. The number of rotatable bonds is 4. The molecule has 3 heteroatoms. The summed E-state index contributed by atoms with van der Waals surface area (Å²) < 4.78 is 7.97. The highest BCUT2D eigenvalue weighted by molar-refractivity contribution is 5.86. The summed E-state index contributed by atoms with van der Waals surface area (Å²) in [4.78, 5) is 0. The predicted octanol–water partition coefficient (Wildman–Crippen LogP) is 3.73. The van der Waals surface area contributed by atoms with Gasteiger partial charge in [-0.3, -0.25) is 0 Å². The van der Waals surface area contributed by atoms with E-state index in [2.05, 4.69) is 44.5 Å². The molecule has 0 amide bonds. The summed E-state index contributed by atoms with van der Waals surface area (Å²) in [6, 6.07) is 6.49. The molecule has 0 radical (unpaired) electrons. The van der Waals surface area contributed by atoms with E-state index in [0.717, 1.165) is 5.69 Å². The molecule has 0 unspecified atom stereocenters. The Kier molecular flexibility index (Phi) is 3.62. The molecule has 0 aliphatic carbocycles. The zero-order valence-corrected chi connectivity index (χ0v) is 11.6. The predicted molar refractivity (Wildman–Crippen MR) is 76.7 cm³/mol. The Morgan fingerprint density at radius 1 is 1.22 bits per heavy atom. The zero-order valence-electron chi connectivity index (χ0n) is 11.6. The highest BCUT2D eigenvalue weighted by atomic mass is 16.5. The van der Waals surface area contributed by atoms with Crippen LogP contribution in [0, 0.1) is 0 Å². The van der Waals surface area contributed by atoms with Gasteiger partial charge in [0.25, 0.3) is 0 Å². The lowest BCUT2D eigenvalue weighted by atomic mass is 10.1. The lowest BCUT2D eigenvalue weighted by Gasteiger charge is -2.09. The van der Waals surface area contributed by atoms with E-state index in [9.17, 15) is 0 Å². The summed E-state index contributed by atoms with van der Waals surface area (Å²) in [7, 11) is 0. The van der Waals surface area contributed by atoms with Gasteiger partial charge in [0.2, 0.25) is 0 Å². The minimum Gasteiger partial charge on any atom is -0.399 e. The molecule has 18 heavy (non-hydrogen) atoms. The highest BCUT2D eigenvalue weighted by Crippen LogP contribution is 2.27. The normalized spacial score (nSPS) is 11.9. The van der Waals surface area contributed by atoms with Crippen LogP contribution in [0.4, 0.5) is 5.69 Å². The molecule has 0 atom stereocenters. The van der Waals surface area contributed by atoms with Gasteiger partial charge in [-0.1, -0.05) is 6.07 Å². The first-order valence-electron chi connectivity index (χ1n) is 6.49. The van der Waals surface area contributed by atoms with Gasteiger partial charge in [-0.2, -0.15) is 0 Å². The minimum absolute atomic E-state index is 0.247. The van der Waals surface area contributed by atoms with Crippen molar-refractivity contribution in [2.75, 3.05) is 5.73 Å². The van der Waals surface area contributed by atoms with Gasteiger partial charge in [-0.05, 0) is 39.8 Å². The van der Waals surface area contributed by atoms with Crippen LogP contribution in [0.2, 0.25) is 0 Å². The number of aromatic nitrogens is 1. The van der Waals surface area contributed by atoms with Crippen LogP contribution in [0.3, 0.4) is 0 Å². The number of hydrogen-bond donors (Lipinski definition) is 1. The summed E-state index contributed by atoms with van der Waals surface area (Å²) in [5.74, 6) is 0. The van der Waals surface area contributed by atoms with Crippen LogP contribution >= 0.6 is 0 Å². The molecule has 0 aliphatic rings. The molecule has 3 nitrogen and oxygen atoms in total. The molecule has 0 saturated heterocycles. The van der Waals surface area contributed by atoms with Crippen molar-refractivity contribution in [3.05, 3.63) is 30.0 Å². The Labute approximate surface area is 109 Å². The van der Waals surface area contributed by atoms with Crippen LogP contribution in [-0.2, 0) is 11.3 Å². The molecule has 2 aromatic rings. The van der Waals surface area contributed by atoms with Crippen molar-refractivity contribution < 1.29 is 4.74 Å². The summed E-state index contributed by atoms with van der Waals surface area (Å²) in [6.07, 6.45) is 2.42. The molecule has 1 aromatic carbocycles. The maximum Gasteiger partial charge on any atom is 0.0741 e. The average molecular weight is 246 g/mol. The standard InChI is InChI=1S/C15H22N2O/c1-10(2)17-8-12(9-18-11(3)4)14-6-5-13(16)7-15(14)17/h5-8,10-11H,9,16H2,1-4H3. The number of anilines is 1. The number of benzene rings is 1. The van der Waals surface area contributed by atoms with Crippen LogP contribution in [-0.4, -0.2) is 10.7 Å². The third-order valence-electron chi connectivity index (χ3n) is 3.07. The van der Waals surface area contributed by atoms with Gasteiger partial charge in [0.05, 0.1) is 18.2 Å². The minimum atomic E-state index is 0.247. The van der Waals surface area contributed by atoms with E-state index in [0.29, 0.717) is 12.6 Å². The lowest BCUT2D eigenvalue weighted by molar-refractivity contribution is 0.0663. The molecule has 0 fully saturated rings. The van der Waals surface area contributed by atoms with E-state index in [1.807, 2.05) is 12.1 Å². The van der Waals surface area contributed by atoms with Gasteiger partial charge in [0.1, 0.15) is 0 Å². The topological polar surface area (TPSA) is 40.2 Å². The Morgan fingerprint density at radius 2 is 1.94 bits per heavy atom. The summed E-state index contributed by atoms with van der Waals surface area (Å²) in [5, 5.41) is 1.23. The Morgan fingerprint density at radius 3 is 2.56 bits per heavy atom. The molecule has 98 valence electrons. The summed E-state index contributed by atoms with van der Waals surface area (Å²) in [5.41, 5.74) is 9.10. The summed E-state index contributed by atoms with van der Waals surface area (Å²) in [6.45, 7) is 9.11. The number of ether oxygens (including phenoxy) is 1. The van der Waals surface area contributed by atoms with Crippen LogP contribution < -0.4 is 5.73 Å². The zero-order chi connectivity index (χ0) is 13.3. The second kappa shape index (κ2) is 5.02. The number of hydrogen-bond acceptors (Lipinski definition) is 2. The van der Waals surface area contributed by atoms with E-state index in [-0.39, 0.29) is 6.10 Å². The van der Waals surface area contributed by atoms with Crippen molar-refractivity contribution in [1.29, 1.82) is 0 Å². The maximum absolute atomic E-state index is 5.88. The van der Waals surface area contributed by atoms with Crippen molar-refractivity contribution in [3.8, 4) is 0 Å². The monoisotopic (exact) mass is 246 g/mol. The molecule has 1 heterocycles. The second-order valence-electron chi connectivity index (χ2n) is 5.29. The SMILES string of the molecule is CC(C)OCc1cn(C(C)C)c2cc(N)ccc12. The third-order valence-corrected chi connectivity index (χ3v) is 3.07. The van der Waals surface area contributed by atoms with Gasteiger partial charge >= 0.3 is 0 Å². The molecule has 0 saturated carbocycles. The molecule has 1 aromatic heterocycles. The van der Waals surface area contributed by atoms with E-state index < -0.39 is 0 Å². The van der Waals surface area contributed by atoms with Crippen molar-refractivity contribution in [3.63, 3.8) is 0 Å². The Hall–Kier alpha value is -1.48. The number of nitrogens with zero attached hydrogens (tertiary/aromatic N) is 1. The third kappa shape index (κ3) is 2.51. The van der Waals surface area contributed by atoms with Gasteiger partial charge in [-0.25, -0.2) is 0 Å². The Bertz CT molecular complexity index is 541. The summed E-state index contributed by atoms with van der Waals surface area (Å²) >= 11 is 0. The number of fused-ring (bicyclic) bond motifs is 1. The van der Waals surface area contributed by atoms with Crippen molar-refractivity contribution >= 4 is 16.6 Å². The highest BCUT2D eigenvalue weighted by Gasteiger charge is 2.11. The van der Waals surface area contributed by atoms with E-state index in [1.165, 1.54) is 16.5 Å². The molecule has 0 aliphatic heterocycles. The lowest BCUT2D eigenvalue weighted by Crippen LogP contribution is -2.02. The van der Waals surface area contributed by atoms with Gasteiger partial charge in [0, 0.05) is 28.9 Å². The van der Waals surface area contributed by atoms with Gasteiger partial charge in [0.15, 0.2) is 0 Å². The van der Waals surface area contributed by atoms with Crippen molar-refractivity contribution in [1.82, 2.24) is 4.57 Å². The molecular formula is C15H22N2O. The fourth-order valence-electron chi connectivity index (χ4n) is 2.14. The first-order chi connectivity index (χ1) is 8.49. The van der Waals surface area contributed by atoms with Crippen LogP contribution in [0.1, 0.15) is 39.3 Å². The number of nitrogen functional groups attached to an aromatic ring is 1. The molecule has 0 bridgehead atoms. The average Bonchev–Trinajstić information content (AvgIpc) is 2.64. The smallest absolute Gasteiger partial charge is 0.0741 e. The van der Waals surface area contributed by atoms with Crippen LogP contribution in [0.25, 0.3) is 10.9 Å². The molecular weight excluding hydrogens is 224 g/mol. The molecule has 0 spiro atoms. The van der Waals surface area contributed by atoms with Crippen LogP contribution in [0.5, 0.6) is 0 Å². The van der Waals surface area contributed by atoms with E-state index >= 15 is 0 Å². The largest absolute Gasteiger partial charge is 0.399 e. The van der Waals surface area contributed by atoms with Gasteiger partial charge < -0.3 is 15.0 Å². The van der Waals surface area contributed by atoms with Crippen molar-refractivity contribution in [2.45, 2.75) is 46.4 Å². The second-order valence-corrected chi connectivity index (χ2v) is 5.29. The molecule has 2 rings (SSSR count). The van der Waals surface area contributed by atoms with E-state index in [4.69, 9.17) is 10.5 Å². The fraction of sp³-hybridized carbons (Fsp3) is 0.467. The van der Waals surface area contributed by atoms with Crippen molar-refractivity contribution in [2.24, 2.45) is 0 Å². The first-order valence-corrected chi connectivity index (χ1v) is 6.49. The quantitative estimate of drug-likeness (QED) is 0.835. The maximum atomic E-state index is 5.88.